The second-order valence-electron chi connectivity index (χ2n) is 16.7. The minimum Gasteiger partial charge on any atom is -0.748 e. The Morgan fingerprint density at radius 1 is 0.850 bits per heavy atom. The molecule has 2 amide bonds. The molecule has 0 bridgehead atoms. The monoisotopic (exact) mass is 974 g/mol. The van der Waals surface area contributed by atoms with Crippen molar-refractivity contribution in [3.8, 4) is 0 Å². The molecule has 1 aliphatic carbocycles. The van der Waals surface area contributed by atoms with Gasteiger partial charge in [-0.05, 0) is 120 Å². The Balaban J connectivity index is 1.26. The maximum atomic E-state index is 13.3. The molecule has 0 radical (unpaired) electrons. The van der Waals surface area contributed by atoms with E-state index in [1.165, 1.54) is 5.56 Å². The lowest BCUT2D eigenvalue weighted by Gasteiger charge is -2.27. The van der Waals surface area contributed by atoms with E-state index in [4.69, 9.17) is 11.6 Å². The summed E-state index contributed by atoms with van der Waals surface area (Å²) in [5.74, 6) is -1.11. The summed E-state index contributed by atoms with van der Waals surface area (Å²) in [4.78, 5) is 28.7. The molecule has 2 aliphatic heterocycles. The van der Waals surface area contributed by atoms with Crippen LogP contribution >= 0.6 is 43.5 Å². The highest BCUT2D eigenvalue weighted by Gasteiger charge is 2.46. The zero-order chi connectivity index (χ0) is 43.1. The zero-order valence-electron chi connectivity index (χ0n) is 34.4. The van der Waals surface area contributed by atoms with Crippen LogP contribution in [-0.2, 0) is 30.5 Å². The fourth-order valence-electron chi connectivity index (χ4n) is 9.02. The minimum absolute atomic E-state index is 0.0322. The number of carbonyl (C=O) groups excluding carboxylic acids is 2. The average Bonchev–Trinajstić information content (AvgIpc) is 3.53. The first-order chi connectivity index (χ1) is 28.4. The molecule has 0 saturated heterocycles. The molecule has 7 rings (SSSR count). The van der Waals surface area contributed by atoms with Gasteiger partial charge in [0.2, 0.25) is 18.1 Å². The third-order valence-corrected chi connectivity index (χ3v) is 14.0. The number of nitrogens with one attached hydrogen (secondary N) is 2. The maximum Gasteiger partial charge on any atom is 0.286 e. The van der Waals surface area contributed by atoms with Crippen LogP contribution in [0, 0.1) is 0 Å². The maximum absolute atomic E-state index is 13.3. The highest BCUT2D eigenvalue weighted by atomic mass is 79.9. The van der Waals surface area contributed by atoms with Crippen molar-refractivity contribution in [1.29, 1.82) is 0 Å². The largest absolute Gasteiger partial charge is 0.748 e. The number of hydrogen-bond acceptors (Lipinski definition) is 6. The van der Waals surface area contributed by atoms with Gasteiger partial charge in [0.25, 0.3) is 5.91 Å². The molecule has 0 fully saturated rings. The van der Waals surface area contributed by atoms with Crippen LogP contribution < -0.4 is 15.5 Å². The van der Waals surface area contributed by atoms with Gasteiger partial charge in [0.05, 0.1) is 21.3 Å². The minimum atomic E-state index is -4.48. The second-order valence-corrected chi connectivity index (χ2v) is 20.4. The zero-order valence-corrected chi connectivity index (χ0v) is 39.2. The number of amides is 2. The van der Waals surface area contributed by atoms with Crippen LogP contribution in [0.2, 0.25) is 0 Å². The summed E-state index contributed by atoms with van der Waals surface area (Å²) in [7, 11) is -4.48. The van der Waals surface area contributed by atoms with Crippen LogP contribution in [0.3, 0.4) is 0 Å². The van der Waals surface area contributed by atoms with E-state index >= 15 is 0 Å². The highest BCUT2D eigenvalue weighted by Crippen LogP contribution is 2.51. The van der Waals surface area contributed by atoms with Crippen LogP contribution in [0.5, 0.6) is 0 Å². The second kappa shape index (κ2) is 17.4. The van der Waals surface area contributed by atoms with E-state index in [9.17, 15) is 22.6 Å². The summed E-state index contributed by atoms with van der Waals surface area (Å²) >= 11 is 14.5. The van der Waals surface area contributed by atoms with E-state index < -0.39 is 32.6 Å². The third kappa shape index (κ3) is 8.81. The van der Waals surface area contributed by atoms with Gasteiger partial charge in [-0.2, -0.15) is 4.58 Å². The van der Waals surface area contributed by atoms with Crippen LogP contribution in [0.15, 0.2) is 116 Å². The van der Waals surface area contributed by atoms with Crippen molar-refractivity contribution in [3.05, 3.63) is 127 Å². The molecule has 3 aliphatic rings. The predicted octanol–water partition coefficient (Wildman–Crippen LogP) is 9.92. The topological polar surface area (TPSA) is 122 Å². The standard InChI is InChI=1S/C47H49Br2ClN4O5S/c1-6-22-51-41(55)27-53-37-18-10-31-25-33(48)14-16-35(31)43(37)46(2,3)39(53)20-12-29-8-7-9-30(45(29)50)13-21-40-47(4,5)44-36-17-15-34(49)26-32(36)11-19-38(44)54(40)28-42(56)52-23-24-60(57,58)59/h10-21,25-26H,6-9,22-24,27-28H2,1-5H3,(H2-,51,52,55,56,57,58,59). The molecule has 0 saturated carbocycles. The van der Waals surface area contributed by atoms with Gasteiger partial charge in [-0.1, -0.05) is 94.6 Å². The van der Waals surface area contributed by atoms with E-state index in [1.54, 1.807) is 0 Å². The van der Waals surface area contributed by atoms with Crippen molar-refractivity contribution >= 4 is 104 Å². The molecule has 4 aromatic rings. The van der Waals surface area contributed by atoms with Gasteiger partial charge in [0.15, 0.2) is 5.71 Å². The van der Waals surface area contributed by atoms with Crippen molar-refractivity contribution in [1.82, 2.24) is 10.6 Å². The number of carbonyl (C=O) groups is 2. The molecule has 0 unspecified atom stereocenters. The van der Waals surface area contributed by atoms with Gasteiger partial charge in [0, 0.05) is 61.6 Å². The van der Waals surface area contributed by atoms with Crippen LogP contribution in [0.4, 0.5) is 11.4 Å². The molecule has 314 valence electrons. The average molecular weight is 977 g/mol. The first-order valence-electron chi connectivity index (χ1n) is 20.2. The molecular formula is C47H49Br2ClN4O5S. The summed E-state index contributed by atoms with van der Waals surface area (Å²) < 4.78 is 37.7. The van der Waals surface area contributed by atoms with Gasteiger partial charge in [-0.25, -0.2) is 8.42 Å². The fourth-order valence-corrected chi connectivity index (χ4v) is 10.4. The normalized spacial score (nSPS) is 18.6. The number of hydrogen-bond donors (Lipinski definition) is 2. The Morgan fingerprint density at radius 3 is 2.17 bits per heavy atom. The highest BCUT2D eigenvalue weighted by molar-refractivity contribution is 9.10. The number of allylic oxidation sites excluding steroid dienone is 8. The SMILES string of the molecule is CCCNC(=O)CN1C(=CC=C2CCCC(C=CC3=[N+](CC(=O)NCCS(=O)(=O)[O-])c4ccc5cc(Br)ccc5c4C3(C)C)=C2Cl)C(C)(C)c2c1ccc1cc(Br)ccc21. The molecule has 13 heteroatoms. The number of fused-ring (bicyclic) bond motifs is 6. The quantitative estimate of drug-likeness (QED) is 0.108. The number of nitrogens with zero attached hydrogens (tertiary/aromatic N) is 2. The van der Waals surface area contributed by atoms with E-state index in [0.717, 1.165) is 95.7 Å². The lowest BCUT2D eigenvalue weighted by Crippen LogP contribution is -2.37. The Kier molecular flexibility index (Phi) is 12.7. The van der Waals surface area contributed by atoms with Gasteiger partial charge in [-0.15, -0.1) is 0 Å². The van der Waals surface area contributed by atoms with Gasteiger partial charge >= 0.3 is 0 Å². The van der Waals surface area contributed by atoms with Gasteiger partial charge in [0.1, 0.15) is 6.54 Å². The van der Waals surface area contributed by atoms with Crippen molar-refractivity contribution < 1.29 is 27.1 Å². The summed E-state index contributed by atoms with van der Waals surface area (Å²) in [5, 5.41) is 10.8. The molecule has 2 heterocycles. The molecule has 2 N–H and O–H groups in total. The summed E-state index contributed by atoms with van der Waals surface area (Å²) in [6, 6.07) is 20.8. The van der Waals surface area contributed by atoms with Crippen LogP contribution in [0.25, 0.3) is 21.5 Å². The van der Waals surface area contributed by atoms with E-state index in [-0.39, 0.29) is 25.5 Å². The summed E-state index contributed by atoms with van der Waals surface area (Å²) in [6.45, 7) is 11.2. The van der Waals surface area contributed by atoms with Gasteiger partial charge in [-0.3, -0.25) is 9.59 Å². The fraction of sp³-hybridized carbons (Fsp3) is 0.340. The van der Waals surface area contributed by atoms with Crippen molar-refractivity contribution in [2.45, 2.75) is 71.1 Å². The van der Waals surface area contributed by atoms with Crippen molar-refractivity contribution in [3.63, 3.8) is 0 Å². The molecular weight excluding hydrogens is 928 g/mol. The first-order valence-corrected chi connectivity index (χ1v) is 23.8. The van der Waals surface area contributed by atoms with E-state index in [0.29, 0.717) is 11.6 Å². The third-order valence-electron chi connectivity index (χ3n) is 11.8. The number of anilines is 1. The number of rotatable bonds is 12. The first kappa shape index (κ1) is 44.0. The Morgan fingerprint density at radius 2 is 1.50 bits per heavy atom. The molecule has 0 aromatic heterocycles. The predicted molar refractivity (Wildman–Crippen MR) is 249 cm³/mol. The molecule has 60 heavy (non-hydrogen) atoms. The Bertz CT molecular complexity index is 2720. The van der Waals surface area contributed by atoms with Crippen LogP contribution in [0.1, 0.15) is 71.4 Å². The smallest absolute Gasteiger partial charge is 0.286 e. The number of halogens is 3. The van der Waals surface area contributed by atoms with Gasteiger partial charge < -0.3 is 20.1 Å². The summed E-state index contributed by atoms with van der Waals surface area (Å²) in [6.07, 6.45) is 11.7. The van der Waals surface area contributed by atoms with Crippen LogP contribution in [-0.4, -0.2) is 67.0 Å². The molecule has 0 spiro atoms. The molecule has 4 aromatic carbocycles. The van der Waals surface area contributed by atoms with E-state index in [2.05, 4.69) is 142 Å². The lowest BCUT2D eigenvalue weighted by molar-refractivity contribution is -0.425. The van der Waals surface area contributed by atoms with E-state index in [1.807, 2.05) is 29.7 Å². The Labute approximate surface area is 374 Å². The van der Waals surface area contributed by atoms with Crippen molar-refractivity contribution in [2.24, 2.45) is 0 Å². The molecule has 0 atom stereocenters. The number of benzene rings is 4. The van der Waals surface area contributed by atoms with Crippen molar-refractivity contribution in [2.75, 3.05) is 36.8 Å². The Hall–Kier alpha value is -4.07. The summed E-state index contributed by atoms with van der Waals surface area (Å²) in [5.41, 5.74) is 7.09. The molecule has 9 nitrogen and oxygen atoms in total. The lowest BCUT2D eigenvalue weighted by atomic mass is 9.78.